The van der Waals surface area contributed by atoms with Crippen molar-refractivity contribution in [3.8, 4) is 0 Å². The number of hydrogen-bond acceptors (Lipinski definition) is 3. The Morgan fingerprint density at radius 2 is 2.22 bits per heavy atom. The Morgan fingerprint density at radius 1 is 1.56 bits per heavy atom. The Hall–Kier alpha value is -1.91. The van der Waals surface area contributed by atoms with Crippen molar-refractivity contribution in [1.29, 1.82) is 0 Å². The monoisotopic (exact) mass is 248 g/mol. The van der Waals surface area contributed by atoms with E-state index in [1.165, 1.54) is 18.3 Å². The van der Waals surface area contributed by atoms with E-state index < -0.39 is 5.97 Å². The summed E-state index contributed by atoms with van der Waals surface area (Å²) in [5.41, 5.74) is 0.535. The molecule has 5 nitrogen and oxygen atoms in total. The lowest BCUT2D eigenvalue weighted by Gasteiger charge is -2.06. The van der Waals surface area contributed by atoms with Gasteiger partial charge in [-0.2, -0.15) is 0 Å². The van der Waals surface area contributed by atoms with Gasteiger partial charge in [-0.3, -0.25) is 4.79 Å². The summed E-state index contributed by atoms with van der Waals surface area (Å²) in [6, 6.07) is 2.80. The molecule has 0 saturated heterocycles. The van der Waals surface area contributed by atoms with Gasteiger partial charge in [-0.1, -0.05) is 13.8 Å². The van der Waals surface area contributed by atoms with Gasteiger partial charge in [-0.25, -0.2) is 9.78 Å². The average Bonchev–Trinajstić information content (AvgIpc) is 2.94. The molecule has 0 aliphatic heterocycles. The van der Waals surface area contributed by atoms with E-state index >= 15 is 0 Å². The molecule has 18 heavy (non-hydrogen) atoms. The zero-order chi connectivity index (χ0) is 13.3. The minimum Gasteiger partial charge on any atom is -0.477 e. The topological polar surface area (TPSA) is 79.3 Å². The fraction of sp³-hybridized carbons (Fsp3) is 0.462. The highest BCUT2D eigenvalue weighted by Crippen LogP contribution is 2.50. The predicted octanol–water partition coefficient (Wildman–Crippen LogP) is 1.56. The van der Waals surface area contributed by atoms with Crippen LogP contribution in [0, 0.1) is 11.3 Å². The highest BCUT2D eigenvalue weighted by atomic mass is 16.4. The van der Waals surface area contributed by atoms with Gasteiger partial charge in [0.05, 0.1) is 0 Å². The Balaban J connectivity index is 1.96. The van der Waals surface area contributed by atoms with Crippen molar-refractivity contribution in [2.75, 3.05) is 6.54 Å². The van der Waals surface area contributed by atoms with Gasteiger partial charge in [0.15, 0.2) is 0 Å². The van der Waals surface area contributed by atoms with E-state index in [0.29, 0.717) is 23.4 Å². The SMILES string of the molecule is CC1(C)CC1CNC(=O)c1ccnc(C(=O)O)c1. The van der Waals surface area contributed by atoms with Crippen molar-refractivity contribution >= 4 is 11.9 Å². The first kappa shape index (κ1) is 12.5. The number of carboxylic acid groups (broad SMARTS) is 1. The Kier molecular flexibility index (Phi) is 3.07. The summed E-state index contributed by atoms with van der Waals surface area (Å²) in [5, 5.41) is 11.6. The summed E-state index contributed by atoms with van der Waals surface area (Å²) in [6.07, 6.45) is 2.45. The van der Waals surface area contributed by atoms with Crippen LogP contribution in [0.5, 0.6) is 0 Å². The number of hydrogen-bond donors (Lipinski definition) is 2. The lowest BCUT2D eigenvalue weighted by atomic mass is 10.1. The normalized spacial score (nSPS) is 20.2. The van der Waals surface area contributed by atoms with Gasteiger partial charge < -0.3 is 10.4 Å². The van der Waals surface area contributed by atoms with Gasteiger partial charge in [-0.05, 0) is 29.9 Å². The molecule has 1 aromatic heterocycles. The van der Waals surface area contributed by atoms with Crippen LogP contribution < -0.4 is 5.32 Å². The lowest BCUT2D eigenvalue weighted by Crippen LogP contribution is -2.26. The molecule has 1 heterocycles. The number of carbonyl (C=O) groups is 2. The van der Waals surface area contributed by atoms with E-state index in [-0.39, 0.29) is 11.6 Å². The number of rotatable bonds is 4. The number of nitrogens with zero attached hydrogens (tertiary/aromatic N) is 1. The molecule has 1 amide bonds. The second-order valence-corrected chi connectivity index (χ2v) is 5.33. The smallest absolute Gasteiger partial charge is 0.354 e. The molecular formula is C13H16N2O3. The van der Waals surface area contributed by atoms with Gasteiger partial charge >= 0.3 is 5.97 Å². The molecule has 1 aromatic rings. The third-order valence-electron chi connectivity index (χ3n) is 3.47. The number of amides is 1. The first-order valence-electron chi connectivity index (χ1n) is 5.88. The summed E-state index contributed by atoms with van der Waals surface area (Å²) < 4.78 is 0. The van der Waals surface area contributed by atoms with Crippen molar-refractivity contribution in [1.82, 2.24) is 10.3 Å². The fourth-order valence-corrected chi connectivity index (χ4v) is 1.93. The van der Waals surface area contributed by atoms with Crippen molar-refractivity contribution in [2.24, 2.45) is 11.3 Å². The van der Waals surface area contributed by atoms with E-state index in [1.54, 1.807) is 0 Å². The van der Waals surface area contributed by atoms with Crippen molar-refractivity contribution in [2.45, 2.75) is 20.3 Å². The van der Waals surface area contributed by atoms with E-state index in [9.17, 15) is 9.59 Å². The van der Waals surface area contributed by atoms with Gasteiger partial charge in [0.2, 0.25) is 0 Å². The van der Waals surface area contributed by atoms with Crippen LogP contribution in [-0.2, 0) is 0 Å². The molecule has 2 N–H and O–H groups in total. The lowest BCUT2D eigenvalue weighted by molar-refractivity contribution is 0.0690. The van der Waals surface area contributed by atoms with Gasteiger partial charge in [0, 0.05) is 18.3 Å². The number of nitrogens with one attached hydrogen (secondary N) is 1. The minimum absolute atomic E-state index is 0.116. The summed E-state index contributed by atoms with van der Waals surface area (Å²) in [5.74, 6) is -0.863. The maximum absolute atomic E-state index is 11.8. The molecule has 0 aromatic carbocycles. The summed E-state index contributed by atoms with van der Waals surface area (Å²) in [4.78, 5) is 26.2. The third-order valence-corrected chi connectivity index (χ3v) is 3.47. The zero-order valence-corrected chi connectivity index (χ0v) is 10.4. The zero-order valence-electron chi connectivity index (χ0n) is 10.4. The van der Waals surface area contributed by atoms with Gasteiger partial charge in [0.1, 0.15) is 5.69 Å². The Labute approximate surface area is 105 Å². The number of carboxylic acids is 1. The highest BCUT2D eigenvalue weighted by molar-refractivity contribution is 5.96. The molecule has 1 aliphatic carbocycles. The van der Waals surface area contributed by atoms with Gasteiger partial charge in [0.25, 0.3) is 5.91 Å². The molecule has 2 rings (SSSR count). The average molecular weight is 248 g/mol. The van der Waals surface area contributed by atoms with Crippen LogP contribution in [0.25, 0.3) is 0 Å². The highest BCUT2D eigenvalue weighted by Gasteiger charge is 2.45. The molecule has 5 heteroatoms. The standard InChI is InChI=1S/C13H16N2O3/c1-13(2)6-9(13)7-15-11(16)8-3-4-14-10(5-8)12(17)18/h3-5,9H,6-7H2,1-2H3,(H,15,16)(H,17,18). The van der Waals surface area contributed by atoms with Crippen LogP contribution in [0.1, 0.15) is 41.1 Å². The number of carbonyl (C=O) groups excluding carboxylic acids is 1. The minimum atomic E-state index is -1.13. The third kappa shape index (κ3) is 2.67. The molecule has 1 unspecified atom stereocenters. The maximum atomic E-state index is 11.8. The largest absolute Gasteiger partial charge is 0.477 e. The van der Waals surface area contributed by atoms with Crippen LogP contribution in [0.4, 0.5) is 0 Å². The second kappa shape index (κ2) is 4.40. The van der Waals surface area contributed by atoms with Crippen molar-refractivity contribution in [3.63, 3.8) is 0 Å². The quantitative estimate of drug-likeness (QED) is 0.847. The fourth-order valence-electron chi connectivity index (χ4n) is 1.93. The van der Waals surface area contributed by atoms with E-state index in [2.05, 4.69) is 24.1 Å². The van der Waals surface area contributed by atoms with Crippen LogP contribution in [-0.4, -0.2) is 28.5 Å². The number of pyridine rings is 1. The molecule has 1 aliphatic rings. The van der Waals surface area contributed by atoms with Crippen LogP contribution in [0.15, 0.2) is 18.3 Å². The second-order valence-electron chi connectivity index (χ2n) is 5.33. The molecule has 1 atom stereocenters. The van der Waals surface area contributed by atoms with Crippen LogP contribution in [0.2, 0.25) is 0 Å². The summed E-state index contributed by atoms with van der Waals surface area (Å²) >= 11 is 0. The summed E-state index contributed by atoms with van der Waals surface area (Å²) in [6.45, 7) is 4.97. The molecule has 96 valence electrons. The Morgan fingerprint density at radius 3 is 2.78 bits per heavy atom. The molecule has 0 spiro atoms. The first-order valence-corrected chi connectivity index (χ1v) is 5.88. The van der Waals surface area contributed by atoms with Crippen LogP contribution >= 0.6 is 0 Å². The molecule has 1 saturated carbocycles. The van der Waals surface area contributed by atoms with Crippen molar-refractivity contribution in [3.05, 3.63) is 29.6 Å². The van der Waals surface area contributed by atoms with Crippen LogP contribution in [0.3, 0.4) is 0 Å². The molecular weight excluding hydrogens is 232 g/mol. The first-order chi connectivity index (χ1) is 8.40. The molecule has 0 bridgehead atoms. The van der Waals surface area contributed by atoms with E-state index in [4.69, 9.17) is 5.11 Å². The number of aromatic nitrogens is 1. The van der Waals surface area contributed by atoms with E-state index in [1.807, 2.05) is 0 Å². The summed E-state index contributed by atoms with van der Waals surface area (Å²) in [7, 11) is 0. The molecule has 1 fully saturated rings. The maximum Gasteiger partial charge on any atom is 0.354 e. The van der Waals surface area contributed by atoms with Crippen molar-refractivity contribution < 1.29 is 14.7 Å². The predicted molar refractivity (Wildman–Crippen MR) is 65.4 cm³/mol. The Bertz CT molecular complexity index is 497. The molecule has 0 radical (unpaired) electrons. The van der Waals surface area contributed by atoms with E-state index in [0.717, 1.165) is 6.42 Å². The van der Waals surface area contributed by atoms with Gasteiger partial charge in [-0.15, -0.1) is 0 Å². The number of aromatic carboxylic acids is 1.